The van der Waals surface area contributed by atoms with E-state index in [-0.39, 0.29) is 5.91 Å². The van der Waals surface area contributed by atoms with Crippen LogP contribution in [-0.4, -0.2) is 29.1 Å². The van der Waals surface area contributed by atoms with Crippen LogP contribution >= 0.6 is 0 Å². The molecule has 0 saturated heterocycles. The number of amides is 1. The molecule has 1 N–H and O–H groups in total. The molecule has 0 spiro atoms. The third kappa shape index (κ3) is 4.08. The third-order valence-corrected chi connectivity index (χ3v) is 3.33. The zero-order chi connectivity index (χ0) is 15.1. The standard InChI is InChI=1S/C16H21N3O2/c1-3-15-17-10-12-19(15)11-4-9-18-16(20)13-5-7-14(21-2)8-6-13/h5-8,10,12H,3-4,9,11H2,1-2H3,(H,18,20). The van der Waals surface area contributed by atoms with Gasteiger partial charge in [-0.2, -0.15) is 0 Å². The van der Waals surface area contributed by atoms with Crippen molar-refractivity contribution < 1.29 is 9.53 Å². The zero-order valence-corrected chi connectivity index (χ0v) is 12.5. The van der Waals surface area contributed by atoms with Gasteiger partial charge in [0.05, 0.1) is 7.11 Å². The summed E-state index contributed by atoms with van der Waals surface area (Å²) in [6.45, 7) is 3.60. The Morgan fingerprint density at radius 3 is 2.76 bits per heavy atom. The summed E-state index contributed by atoms with van der Waals surface area (Å²) in [7, 11) is 1.61. The molecule has 0 aliphatic heterocycles. The molecule has 1 heterocycles. The first-order chi connectivity index (χ1) is 10.2. The Morgan fingerprint density at radius 1 is 1.33 bits per heavy atom. The number of methoxy groups -OCH3 is 1. The number of carbonyl (C=O) groups excluding carboxylic acids is 1. The highest BCUT2D eigenvalue weighted by Crippen LogP contribution is 2.11. The molecule has 5 nitrogen and oxygen atoms in total. The van der Waals surface area contributed by atoms with Crippen molar-refractivity contribution in [3.05, 3.63) is 48.0 Å². The van der Waals surface area contributed by atoms with Crippen molar-refractivity contribution in [3.8, 4) is 5.75 Å². The fourth-order valence-corrected chi connectivity index (χ4v) is 2.15. The molecule has 5 heteroatoms. The van der Waals surface area contributed by atoms with Crippen LogP contribution in [-0.2, 0) is 13.0 Å². The number of hydrogen-bond acceptors (Lipinski definition) is 3. The van der Waals surface area contributed by atoms with Crippen LogP contribution in [0.15, 0.2) is 36.7 Å². The van der Waals surface area contributed by atoms with Crippen LogP contribution in [0.25, 0.3) is 0 Å². The van der Waals surface area contributed by atoms with Crippen LogP contribution in [0.2, 0.25) is 0 Å². The quantitative estimate of drug-likeness (QED) is 0.795. The van der Waals surface area contributed by atoms with Gasteiger partial charge in [-0.15, -0.1) is 0 Å². The third-order valence-electron chi connectivity index (χ3n) is 3.33. The zero-order valence-electron chi connectivity index (χ0n) is 12.5. The molecular weight excluding hydrogens is 266 g/mol. The molecule has 1 amide bonds. The first-order valence-corrected chi connectivity index (χ1v) is 7.17. The fraction of sp³-hybridized carbons (Fsp3) is 0.375. The smallest absolute Gasteiger partial charge is 0.251 e. The molecule has 0 fully saturated rings. The average Bonchev–Trinajstić information content (AvgIpc) is 2.99. The van der Waals surface area contributed by atoms with Crippen molar-refractivity contribution in [3.63, 3.8) is 0 Å². The molecule has 1 aromatic carbocycles. The number of rotatable bonds is 7. The van der Waals surface area contributed by atoms with E-state index in [1.807, 2.05) is 12.4 Å². The number of nitrogens with one attached hydrogen (secondary N) is 1. The molecule has 112 valence electrons. The van der Waals surface area contributed by atoms with Crippen molar-refractivity contribution >= 4 is 5.91 Å². The lowest BCUT2D eigenvalue weighted by atomic mass is 10.2. The number of imidazole rings is 1. The molecule has 21 heavy (non-hydrogen) atoms. The molecule has 2 aromatic rings. The molecule has 0 bridgehead atoms. The number of carbonyl (C=O) groups is 1. The Labute approximate surface area is 125 Å². The number of hydrogen-bond donors (Lipinski definition) is 1. The summed E-state index contributed by atoms with van der Waals surface area (Å²) in [5.74, 6) is 1.77. The second-order valence-electron chi connectivity index (χ2n) is 4.73. The topological polar surface area (TPSA) is 56.2 Å². The highest BCUT2D eigenvalue weighted by Gasteiger charge is 2.05. The Kier molecular flexibility index (Phi) is 5.37. The van der Waals surface area contributed by atoms with Crippen molar-refractivity contribution in [2.75, 3.05) is 13.7 Å². The summed E-state index contributed by atoms with van der Waals surface area (Å²) in [5, 5.41) is 2.92. The maximum atomic E-state index is 12.0. The van der Waals surface area contributed by atoms with Crippen molar-refractivity contribution in [2.45, 2.75) is 26.3 Å². The molecule has 0 radical (unpaired) electrons. The van der Waals surface area contributed by atoms with Crippen molar-refractivity contribution in [1.29, 1.82) is 0 Å². The molecule has 0 aliphatic rings. The van der Waals surface area contributed by atoms with E-state index in [0.717, 1.165) is 31.0 Å². The summed E-state index contributed by atoms with van der Waals surface area (Å²) in [6, 6.07) is 7.10. The summed E-state index contributed by atoms with van der Waals surface area (Å²) in [5.41, 5.74) is 0.646. The Bertz CT molecular complexity index is 575. The summed E-state index contributed by atoms with van der Waals surface area (Å²) < 4.78 is 7.19. The van der Waals surface area contributed by atoms with Crippen LogP contribution in [0.3, 0.4) is 0 Å². The lowest BCUT2D eigenvalue weighted by molar-refractivity contribution is 0.0952. The number of aromatic nitrogens is 2. The van der Waals surface area contributed by atoms with Gasteiger partial charge in [0.25, 0.3) is 5.91 Å². The predicted molar refractivity (Wildman–Crippen MR) is 81.5 cm³/mol. The van der Waals surface area contributed by atoms with Crippen LogP contribution in [0.5, 0.6) is 5.75 Å². The van der Waals surface area contributed by atoms with E-state index in [2.05, 4.69) is 21.8 Å². The Balaban J connectivity index is 1.76. The molecule has 0 saturated carbocycles. The van der Waals surface area contributed by atoms with Gasteiger partial charge in [-0.05, 0) is 30.7 Å². The van der Waals surface area contributed by atoms with Gasteiger partial charge in [0.2, 0.25) is 0 Å². The van der Waals surface area contributed by atoms with Gasteiger partial charge in [0, 0.05) is 37.5 Å². The maximum absolute atomic E-state index is 12.0. The van der Waals surface area contributed by atoms with Gasteiger partial charge in [-0.1, -0.05) is 6.92 Å². The minimum atomic E-state index is -0.0565. The average molecular weight is 287 g/mol. The first-order valence-electron chi connectivity index (χ1n) is 7.17. The van der Waals surface area contributed by atoms with E-state index in [0.29, 0.717) is 12.1 Å². The highest BCUT2D eigenvalue weighted by atomic mass is 16.5. The van der Waals surface area contributed by atoms with E-state index in [4.69, 9.17) is 4.74 Å². The van der Waals surface area contributed by atoms with Gasteiger partial charge in [0.15, 0.2) is 0 Å². The van der Waals surface area contributed by atoms with E-state index < -0.39 is 0 Å². The molecular formula is C16H21N3O2. The molecule has 0 unspecified atom stereocenters. The summed E-state index contributed by atoms with van der Waals surface area (Å²) in [6.07, 6.45) is 5.59. The maximum Gasteiger partial charge on any atom is 0.251 e. The van der Waals surface area contributed by atoms with Gasteiger partial charge >= 0.3 is 0 Å². The van der Waals surface area contributed by atoms with Crippen molar-refractivity contribution in [1.82, 2.24) is 14.9 Å². The fourth-order valence-electron chi connectivity index (χ4n) is 2.15. The summed E-state index contributed by atoms with van der Waals surface area (Å²) in [4.78, 5) is 16.2. The monoisotopic (exact) mass is 287 g/mol. The SMILES string of the molecule is CCc1nccn1CCCNC(=O)c1ccc(OC)cc1. The van der Waals surface area contributed by atoms with Crippen LogP contribution in [0.1, 0.15) is 29.5 Å². The number of aryl methyl sites for hydroxylation is 2. The highest BCUT2D eigenvalue weighted by molar-refractivity contribution is 5.94. The second-order valence-corrected chi connectivity index (χ2v) is 4.73. The Morgan fingerprint density at radius 2 is 2.10 bits per heavy atom. The largest absolute Gasteiger partial charge is 0.497 e. The molecule has 1 aromatic heterocycles. The molecule has 2 rings (SSSR count). The summed E-state index contributed by atoms with van der Waals surface area (Å²) >= 11 is 0. The number of nitrogens with zero attached hydrogens (tertiary/aromatic N) is 2. The van der Waals surface area contributed by atoms with Crippen LogP contribution in [0.4, 0.5) is 0 Å². The van der Waals surface area contributed by atoms with E-state index in [9.17, 15) is 4.79 Å². The lowest BCUT2D eigenvalue weighted by Crippen LogP contribution is -2.25. The predicted octanol–water partition coefficient (Wildman–Crippen LogP) is 2.27. The molecule has 0 atom stereocenters. The number of benzene rings is 1. The van der Waals surface area contributed by atoms with E-state index >= 15 is 0 Å². The lowest BCUT2D eigenvalue weighted by Gasteiger charge is -2.08. The van der Waals surface area contributed by atoms with Crippen LogP contribution < -0.4 is 10.1 Å². The number of ether oxygens (including phenoxy) is 1. The van der Waals surface area contributed by atoms with Gasteiger partial charge < -0.3 is 14.6 Å². The minimum Gasteiger partial charge on any atom is -0.497 e. The minimum absolute atomic E-state index is 0.0565. The Hall–Kier alpha value is -2.30. The second kappa shape index (κ2) is 7.47. The van der Waals surface area contributed by atoms with E-state index in [1.54, 1.807) is 31.4 Å². The van der Waals surface area contributed by atoms with Gasteiger partial charge in [-0.25, -0.2) is 4.98 Å². The van der Waals surface area contributed by atoms with Gasteiger partial charge in [-0.3, -0.25) is 4.79 Å². The van der Waals surface area contributed by atoms with Crippen molar-refractivity contribution in [2.24, 2.45) is 0 Å². The molecule has 0 aliphatic carbocycles. The first kappa shape index (κ1) is 15.1. The van der Waals surface area contributed by atoms with Gasteiger partial charge in [0.1, 0.15) is 11.6 Å². The van der Waals surface area contributed by atoms with Crippen LogP contribution in [0, 0.1) is 0 Å². The normalized spacial score (nSPS) is 10.4. The van der Waals surface area contributed by atoms with E-state index in [1.165, 1.54) is 0 Å².